The number of imidazole rings is 1. The average Bonchev–Trinajstić information content (AvgIpc) is 3.71. The van der Waals surface area contributed by atoms with E-state index in [1.165, 1.54) is 4.68 Å². The van der Waals surface area contributed by atoms with Gasteiger partial charge in [-0.1, -0.05) is 56.5 Å². The van der Waals surface area contributed by atoms with Gasteiger partial charge in [-0.05, 0) is 48.1 Å². The smallest absolute Gasteiger partial charge is 0.270 e. The average molecular weight is 627 g/mol. The highest BCUT2D eigenvalue weighted by Gasteiger charge is 2.31. The van der Waals surface area contributed by atoms with Crippen LogP contribution in [0.15, 0.2) is 67.1 Å². The fourth-order valence-corrected chi connectivity index (χ4v) is 5.88. The van der Waals surface area contributed by atoms with Gasteiger partial charge in [-0.25, -0.2) is 4.98 Å². The fourth-order valence-electron chi connectivity index (χ4n) is 5.88. The van der Waals surface area contributed by atoms with E-state index in [2.05, 4.69) is 31.3 Å². The number of fused-ring (bicyclic) bond motifs is 1. The number of carbonyl (C=O) groups is 4. The van der Waals surface area contributed by atoms with Crippen molar-refractivity contribution in [2.24, 2.45) is 13.0 Å². The fraction of sp³-hybridized carbons (Fsp3) is 0.412. The lowest BCUT2D eigenvalue weighted by molar-refractivity contribution is -0.128. The van der Waals surface area contributed by atoms with Crippen LogP contribution in [0.1, 0.15) is 72.8 Å². The van der Waals surface area contributed by atoms with Crippen LogP contribution < -0.4 is 21.3 Å². The van der Waals surface area contributed by atoms with E-state index in [-0.39, 0.29) is 42.5 Å². The zero-order chi connectivity index (χ0) is 32.5. The van der Waals surface area contributed by atoms with Gasteiger partial charge in [-0.2, -0.15) is 5.10 Å². The minimum absolute atomic E-state index is 0.0717. The van der Waals surface area contributed by atoms with Crippen molar-refractivity contribution >= 4 is 29.3 Å². The van der Waals surface area contributed by atoms with Gasteiger partial charge in [0.15, 0.2) is 0 Å². The van der Waals surface area contributed by atoms with E-state index in [0.717, 1.165) is 48.9 Å². The number of amides is 4. The molecule has 2 unspecified atom stereocenters. The topological polar surface area (TPSA) is 152 Å². The highest BCUT2D eigenvalue weighted by atomic mass is 16.2. The molecule has 0 saturated heterocycles. The summed E-state index contributed by atoms with van der Waals surface area (Å²) < 4.78 is 3.38. The molecule has 46 heavy (non-hydrogen) atoms. The molecular weight excluding hydrogens is 584 g/mol. The highest BCUT2D eigenvalue weighted by Crippen LogP contribution is 2.27. The second kappa shape index (κ2) is 15.3. The van der Waals surface area contributed by atoms with Crippen LogP contribution in [0.25, 0.3) is 5.65 Å². The van der Waals surface area contributed by atoms with Crippen LogP contribution in [0, 0.1) is 5.92 Å². The minimum Gasteiger partial charge on any atom is -0.350 e. The summed E-state index contributed by atoms with van der Waals surface area (Å²) in [6, 6.07) is 13.5. The van der Waals surface area contributed by atoms with Gasteiger partial charge in [0, 0.05) is 45.0 Å². The predicted octanol–water partition coefficient (Wildman–Crippen LogP) is 2.82. The van der Waals surface area contributed by atoms with Crippen LogP contribution in [0.2, 0.25) is 0 Å². The summed E-state index contributed by atoms with van der Waals surface area (Å²) in [5.74, 6) is -0.965. The molecule has 242 valence electrons. The quantitative estimate of drug-likeness (QED) is 0.179. The van der Waals surface area contributed by atoms with Gasteiger partial charge >= 0.3 is 0 Å². The lowest BCUT2D eigenvalue weighted by Crippen LogP contribution is -2.51. The normalized spacial score (nSPS) is 14.7. The Hall–Kier alpha value is -5.00. The summed E-state index contributed by atoms with van der Waals surface area (Å²) in [5, 5.41) is 15.8. The predicted molar refractivity (Wildman–Crippen MR) is 172 cm³/mol. The van der Waals surface area contributed by atoms with E-state index < -0.39 is 12.1 Å². The van der Waals surface area contributed by atoms with Gasteiger partial charge in [0.1, 0.15) is 23.4 Å². The lowest BCUT2D eigenvalue weighted by atomic mass is 9.83. The van der Waals surface area contributed by atoms with Crippen LogP contribution in [-0.2, 0) is 40.9 Å². The zero-order valence-electron chi connectivity index (χ0n) is 26.4. The molecule has 1 fully saturated rings. The van der Waals surface area contributed by atoms with Gasteiger partial charge in [0.05, 0.1) is 12.2 Å². The first-order valence-electron chi connectivity index (χ1n) is 15.9. The minimum atomic E-state index is -0.755. The molecule has 1 aliphatic carbocycles. The molecule has 1 aliphatic rings. The Labute approximate surface area is 268 Å². The summed E-state index contributed by atoms with van der Waals surface area (Å²) in [6.45, 7) is 2.27. The third-order valence-electron chi connectivity index (χ3n) is 8.50. The maximum atomic E-state index is 13.4. The molecule has 4 N–H and O–H groups in total. The number of aromatic nitrogens is 4. The van der Waals surface area contributed by atoms with E-state index in [1.54, 1.807) is 26.2 Å². The molecule has 1 aromatic carbocycles. The van der Waals surface area contributed by atoms with Gasteiger partial charge < -0.3 is 25.7 Å². The second-order valence-corrected chi connectivity index (χ2v) is 11.8. The summed E-state index contributed by atoms with van der Waals surface area (Å²) in [5.41, 5.74) is 3.65. The van der Waals surface area contributed by atoms with Gasteiger partial charge in [0.25, 0.3) is 5.91 Å². The van der Waals surface area contributed by atoms with Crippen molar-refractivity contribution in [2.75, 3.05) is 0 Å². The van der Waals surface area contributed by atoms with Crippen molar-refractivity contribution in [3.8, 4) is 0 Å². The second-order valence-electron chi connectivity index (χ2n) is 11.8. The van der Waals surface area contributed by atoms with Crippen LogP contribution in [0.5, 0.6) is 0 Å². The molecule has 3 aromatic heterocycles. The highest BCUT2D eigenvalue weighted by molar-refractivity contribution is 5.96. The van der Waals surface area contributed by atoms with Crippen LogP contribution >= 0.6 is 0 Å². The standard InChI is InChI=1S/C34H42N8O4/c1-3-30(43)39-27(32(44)36-21-26-22-42-18-8-7-11-29(42)38-26)19-23-12-14-24(15-13-23)20-35-34(46)31(25-9-5-4-6-10-25)40-33(45)28-16-17-37-41(28)2/h7-8,11-18,22,25,27,31H,3-6,9-10,19-21H2,1-2H3,(H,35,46)(H,36,44)(H,39,43)(H,40,45). The number of nitrogens with one attached hydrogen (secondary N) is 4. The van der Waals surface area contributed by atoms with Gasteiger partial charge in [0.2, 0.25) is 17.7 Å². The van der Waals surface area contributed by atoms with Crippen molar-refractivity contribution in [2.45, 2.75) is 77.0 Å². The van der Waals surface area contributed by atoms with E-state index in [1.807, 2.05) is 59.3 Å². The van der Waals surface area contributed by atoms with E-state index in [9.17, 15) is 19.2 Å². The van der Waals surface area contributed by atoms with Crippen LogP contribution in [0.4, 0.5) is 0 Å². The van der Waals surface area contributed by atoms with E-state index >= 15 is 0 Å². The van der Waals surface area contributed by atoms with Crippen LogP contribution in [-0.4, -0.2) is 54.9 Å². The molecule has 4 amide bonds. The Kier molecular flexibility index (Phi) is 10.8. The SMILES string of the molecule is CCC(=O)NC(Cc1ccc(CNC(=O)C(NC(=O)c2ccnn2C)C2CCCCC2)cc1)C(=O)NCc1cn2ccccc2n1. The molecule has 3 heterocycles. The molecule has 2 atom stereocenters. The number of aryl methyl sites for hydroxylation is 1. The van der Waals surface area contributed by atoms with Gasteiger partial charge in [-0.3, -0.25) is 23.9 Å². The maximum Gasteiger partial charge on any atom is 0.270 e. The Morgan fingerprint density at radius 1 is 0.891 bits per heavy atom. The largest absolute Gasteiger partial charge is 0.350 e. The number of benzene rings is 1. The molecule has 5 rings (SSSR count). The Balaban J connectivity index is 1.18. The lowest BCUT2D eigenvalue weighted by Gasteiger charge is -2.30. The van der Waals surface area contributed by atoms with Crippen LogP contribution in [0.3, 0.4) is 0 Å². The molecule has 4 aromatic rings. The summed E-state index contributed by atoms with van der Waals surface area (Å²) >= 11 is 0. The zero-order valence-corrected chi connectivity index (χ0v) is 26.4. The molecule has 12 nitrogen and oxygen atoms in total. The molecular formula is C34H42N8O4. The Morgan fingerprint density at radius 3 is 2.33 bits per heavy atom. The number of hydrogen-bond donors (Lipinski definition) is 4. The van der Waals surface area contributed by atoms with Crippen molar-refractivity contribution in [1.29, 1.82) is 0 Å². The first kappa shape index (κ1) is 32.4. The molecule has 0 aliphatic heterocycles. The summed E-state index contributed by atoms with van der Waals surface area (Å²) in [4.78, 5) is 56.3. The summed E-state index contributed by atoms with van der Waals surface area (Å²) in [7, 11) is 1.70. The number of nitrogens with zero attached hydrogens (tertiary/aromatic N) is 4. The number of carbonyl (C=O) groups excluding carboxylic acids is 4. The van der Waals surface area contributed by atoms with Crippen molar-refractivity contribution in [3.63, 3.8) is 0 Å². The maximum absolute atomic E-state index is 13.4. The summed E-state index contributed by atoms with van der Waals surface area (Å²) in [6.07, 6.45) is 10.9. The molecule has 12 heteroatoms. The third kappa shape index (κ3) is 8.38. The third-order valence-corrected chi connectivity index (χ3v) is 8.50. The monoisotopic (exact) mass is 626 g/mol. The number of hydrogen-bond acceptors (Lipinski definition) is 6. The first-order chi connectivity index (χ1) is 22.3. The van der Waals surface area contributed by atoms with Gasteiger partial charge in [-0.15, -0.1) is 0 Å². The molecule has 0 radical (unpaired) electrons. The number of rotatable bonds is 13. The van der Waals surface area contributed by atoms with Crippen molar-refractivity contribution in [1.82, 2.24) is 40.4 Å². The molecule has 1 saturated carbocycles. The van der Waals surface area contributed by atoms with E-state index in [4.69, 9.17) is 0 Å². The van der Waals surface area contributed by atoms with Crippen molar-refractivity contribution < 1.29 is 19.2 Å². The number of pyridine rings is 1. The van der Waals surface area contributed by atoms with Crippen molar-refractivity contribution in [3.05, 3.63) is 89.6 Å². The first-order valence-corrected chi connectivity index (χ1v) is 15.9. The Bertz CT molecular complexity index is 1620. The molecule has 0 bridgehead atoms. The Morgan fingerprint density at radius 2 is 1.63 bits per heavy atom. The van der Waals surface area contributed by atoms with E-state index in [0.29, 0.717) is 24.4 Å². The molecule has 0 spiro atoms.